The number of ketones is 1. The molecule has 0 aliphatic heterocycles. The van der Waals surface area contributed by atoms with E-state index in [1.807, 2.05) is 12.1 Å². The highest BCUT2D eigenvalue weighted by molar-refractivity contribution is 5.97. The van der Waals surface area contributed by atoms with Crippen LogP contribution in [0.2, 0.25) is 0 Å². The summed E-state index contributed by atoms with van der Waals surface area (Å²) in [5.74, 6) is 1.49. The van der Waals surface area contributed by atoms with Crippen molar-refractivity contribution in [2.45, 2.75) is 100 Å². The molecule has 0 saturated carbocycles. The highest BCUT2D eigenvalue weighted by Gasteiger charge is 2.30. The number of carbonyl (C=O) groups excluding carboxylic acids is 1. The molecule has 6 nitrogen and oxygen atoms in total. The zero-order chi connectivity index (χ0) is 29.0. The molecule has 6 heteroatoms. The van der Waals surface area contributed by atoms with Gasteiger partial charge in [-0.2, -0.15) is 0 Å². The number of nitrogens with zero attached hydrogens (tertiary/aromatic N) is 2. The molecule has 0 spiro atoms. The van der Waals surface area contributed by atoms with E-state index in [1.165, 1.54) is 35.4 Å². The molecule has 3 N–H and O–H groups in total. The van der Waals surface area contributed by atoms with Crippen LogP contribution in [0, 0.1) is 22.7 Å². The first-order valence-corrected chi connectivity index (χ1v) is 14.9. The van der Waals surface area contributed by atoms with Gasteiger partial charge in [-0.25, -0.2) is 0 Å². The molecule has 0 fully saturated rings. The van der Waals surface area contributed by atoms with Gasteiger partial charge in [-0.05, 0) is 104 Å². The maximum absolute atomic E-state index is 11.5. The largest absolute Gasteiger partial charge is 0.387 e. The Balaban J connectivity index is 0.000000161. The van der Waals surface area contributed by atoms with Crippen LogP contribution in [0.4, 0.5) is 0 Å². The Labute approximate surface area is 238 Å². The second-order valence-electron chi connectivity index (χ2n) is 14.3. The van der Waals surface area contributed by atoms with E-state index >= 15 is 0 Å². The molecule has 2 aliphatic carbocycles. The zero-order valence-electron chi connectivity index (χ0n) is 25.5. The van der Waals surface area contributed by atoms with Crippen LogP contribution >= 0.6 is 0 Å². The van der Waals surface area contributed by atoms with E-state index in [1.54, 1.807) is 13.8 Å². The van der Waals surface area contributed by atoms with E-state index in [0.717, 1.165) is 59.4 Å². The Morgan fingerprint density at radius 2 is 1.30 bits per heavy atom. The normalized spacial score (nSPS) is 20.0. The predicted octanol–water partition coefficient (Wildman–Crippen LogP) is 7.68. The number of aliphatic hydroxyl groups is 1. The minimum atomic E-state index is -0.469. The number of hydrogen-bond acceptors (Lipinski definition) is 4. The first-order chi connectivity index (χ1) is 18.7. The quantitative estimate of drug-likeness (QED) is 0.226. The molecular formula is C34H46N4O2. The molecule has 4 aromatic heterocycles. The van der Waals surface area contributed by atoms with E-state index in [2.05, 4.69) is 63.6 Å². The SMILES string of the molecule is CC(=O)c1cc2nc3c(cc2[nH]1)CC(C(C)(C)C)CC3.CC(O)c1cc2nc3c(cc2[nH]1)CC(C(C)(C)C)CC3. The Kier molecular flexibility index (Phi) is 7.45. The van der Waals surface area contributed by atoms with Crippen molar-refractivity contribution >= 4 is 27.9 Å². The lowest BCUT2D eigenvalue weighted by Crippen LogP contribution is -2.27. The fourth-order valence-corrected chi connectivity index (χ4v) is 6.33. The third kappa shape index (κ3) is 5.88. The van der Waals surface area contributed by atoms with Crippen LogP contribution in [0.1, 0.15) is 113 Å². The number of aromatic nitrogens is 4. The molecule has 214 valence electrons. The maximum Gasteiger partial charge on any atom is 0.176 e. The van der Waals surface area contributed by atoms with Gasteiger partial charge in [0, 0.05) is 24.0 Å². The van der Waals surface area contributed by atoms with Gasteiger partial charge in [0.25, 0.3) is 0 Å². The van der Waals surface area contributed by atoms with Crippen LogP contribution in [-0.2, 0) is 25.7 Å². The van der Waals surface area contributed by atoms with E-state index in [0.29, 0.717) is 22.4 Å². The lowest BCUT2D eigenvalue weighted by molar-refractivity contribution is 0.101. The minimum Gasteiger partial charge on any atom is -0.387 e. The molecule has 3 atom stereocenters. The number of pyridine rings is 2. The van der Waals surface area contributed by atoms with Gasteiger partial charge in [0.1, 0.15) is 0 Å². The van der Waals surface area contributed by atoms with Gasteiger partial charge in [-0.1, -0.05) is 41.5 Å². The van der Waals surface area contributed by atoms with Crippen molar-refractivity contribution in [3.8, 4) is 0 Å². The second kappa shape index (κ2) is 10.4. The number of fused-ring (bicyclic) bond motifs is 4. The minimum absolute atomic E-state index is 0.0635. The molecule has 3 unspecified atom stereocenters. The van der Waals surface area contributed by atoms with Gasteiger partial charge < -0.3 is 15.1 Å². The molecule has 0 radical (unpaired) electrons. The van der Waals surface area contributed by atoms with Gasteiger partial charge in [0.15, 0.2) is 5.78 Å². The molecule has 0 saturated heterocycles. The van der Waals surface area contributed by atoms with Crippen molar-refractivity contribution in [3.63, 3.8) is 0 Å². The van der Waals surface area contributed by atoms with Crippen molar-refractivity contribution in [2.24, 2.45) is 22.7 Å². The summed E-state index contributed by atoms with van der Waals surface area (Å²) in [6.07, 6.45) is 6.29. The van der Waals surface area contributed by atoms with Crippen LogP contribution in [0.25, 0.3) is 22.1 Å². The van der Waals surface area contributed by atoms with Crippen molar-refractivity contribution in [1.29, 1.82) is 0 Å². The van der Waals surface area contributed by atoms with Crippen molar-refractivity contribution < 1.29 is 9.90 Å². The van der Waals surface area contributed by atoms with Gasteiger partial charge in [-0.3, -0.25) is 14.8 Å². The van der Waals surface area contributed by atoms with Gasteiger partial charge in [-0.15, -0.1) is 0 Å². The molecule has 0 amide bonds. The summed E-state index contributed by atoms with van der Waals surface area (Å²) >= 11 is 0. The Hall–Kier alpha value is -2.99. The summed E-state index contributed by atoms with van der Waals surface area (Å²) < 4.78 is 0. The van der Waals surface area contributed by atoms with Gasteiger partial charge in [0.2, 0.25) is 0 Å². The smallest absolute Gasteiger partial charge is 0.176 e. The predicted molar refractivity (Wildman–Crippen MR) is 163 cm³/mol. The molecule has 6 rings (SSSR count). The summed E-state index contributed by atoms with van der Waals surface area (Å²) in [7, 11) is 0. The Morgan fingerprint density at radius 3 is 1.75 bits per heavy atom. The first kappa shape index (κ1) is 28.5. The van der Waals surface area contributed by atoms with Crippen LogP contribution in [0.3, 0.4) is 0 Å². The molecule has 0 bridgehead atoms. The highest BCUT2D eigenvalue weighted by Crippen LogP contribution is 2.39. The first-order valence-electron chi connectivity index (χ1n) is 14.9. The van der Waals surface area contributed by atoms with Gasteiger partial charge in [0.05, 0.1) is 33.9 Å². The molecule has 4 aromatic rings. The van der Waals surface area contributed by atoms with Crippen molar-refractivity contribution in [1.82, 2.24) is 19.9 Å². The number of aryl methyl sites for hydroxylation is 2. The number of rotatable bonds is 2. The number of carbonyl (C=O) groups is 1. The van der Waals surface area contributed by atoms with Crippen LogP contribution in [0.5, 0.6) is 0 Å². The molecule has 0 aromatic carbocycles. The monoisotopic (exact) mass is 542 g/mol. The lowest BCUT2D eigenvalue weighted by atomic mass is 9.71. The average Bonchev–Trinajstić information content (AvgIpc) is 3.48. The zero-order valence-corrected chi connectivity index (χ0v) is 25.5. The number of Topliss-reactive ketones (excluding diaryl/α,β-unsaturated/α-hetero) is 1. The summed E-state index contributed by atoms with van der Waals surface area (Å²) in [4.78, 5) is 27.5. The molecule has 2 aliphatic rings. The van der Waals surface area contributed by atoms with Crippen LogP contribution in [0.15, 0.2) is 24.3 Å². The molecule has 4 heterocycles. The second-order valence-corrected chi connectivity index (χ2v) is 14.3. The molecular weight excluding hydrogens is 496 g/mol. The van der Waals surface area contributed by atoms with E-state index in [4.69, 9.17) is 9.97 Å². The summed E-state index contributed by atoms with van der Waals surface area (Å²) in [6.45, 7) is 17.3. The summed E-state index contributed by atoms with van der Waals surface area (Å²) in [5.41, 5.74) is 11.3. The lowest BCUT2D eigenvalue weighted by Gasteiger charge is -2.34. The van der Waals surface area contributed by atoms with Gasteiger partial charge >= 0.3 is 0 Å². The maximum atomic E-state index is 11.5. The topological polar surface area (TPSA) is 94.7 Å². The highest BCUT2D eigenvalue weighted by atomic mass is 16.3. The standard InChI is InChI=1S/C17H24N2O.C17H22N2O/c2*1-10(20)14-9-16-15(19-14)8-11-7-12(17(2,3)4)5-6-13(11)18-16/h8-10,12,19-20H,5-7H2,1-4H3;8-9,12,19H,5-7H2,1-4H3. The van der Waals surface area contributed by atoms with Crippen LogP contribution < -0.4 is 0 Å². The third-order valence-electron chi connectivity index (χ3n) is 9.23. The van der Waals surface area contributed by atoms with Crippen molar-refractivity contribution in [3.05, 3.63) is 58.2 Å². The fraction of sp³-hybridized carbons (Fsp3) is 0.559. The molecule has 40 heavy (non-hydrogen) atoms. The average molecular weight is 543 g/mol. The van der Waals surface area contributed by atoms with E-state index in [-0.39, 0.29) is 5.78 Å². The Morgan fingerprint density at radius 1 is 0.825 bits per heavy atom. The van der Waals surface area contributed by atoms with Crippen molar-refractivity contribution in [2.75, 3.05) is 0 Å². The van der Waals surface area contributed by atoms with E-state index in [9.17, 15) is 9.90 Å². The number of H-pyrrole nitrogens is 2. The summed E-state index contributed by atoms with van der Waals surface area (Å²) in [5, 5.41) is 9.68. The third-order valence-corrected chi connectivity index (χ3v) is 9.23. The van der Waals surface area contributed by atoms with Crippen LogP contribution in [-0.4, -0.2) is 30.8 Å². The number of aliphatic hydroxyl groups excluding tert-OH is 1. The number of hydrogen-bond donors (Lipinski definition) is 3. The fourth-order valence-electron chi connectivity index (χ4n) is 6.33. The number of aromatic amines is 2. The summed E-state index contributed by atoms with van der Waals surface area (Å²) in [6, 6.07) is 8.27. The van der Waals surface area contributed by atoms with E-state index < -0.39 is 6.10 Å². The Bertz CT molecular complexity index is 1540. The number of nitrogens with one attached hydrogen (secondary N) is 2.